The predicted octanol–water partition coefficient (Wildman–Crippen LogP) is 2.58. The van der Waals surface area contributed by atoms with Gasteiger partial charge in [0.2, 0.25) is 5.91 Å². The van der Waals surface area contributed by atoms with E-state index in [0.29, 0.717) is 5.56 Å². The van der Waals surface area contributed by atoms with E-state index in [1.54, 1.807) is 12.1 Å². The first-order valence-corrected chi connectivity index (χ1v) is 11.4. The van der Waals surface area contributed by atoms with Crippen LogP contribution in [-0.4, -0.2) is 53.9 Å². The number of carbonyl (C=O) groups excluding carboxylic acids is 4. The molecule has 2 aromatic rings. The maximum Gasteiger partial charge on any atom is 0.311 e. The standard InChI is InChI=1S/C25H28N4O8/c1-25(2,3)17-7-5-15(6-8-17)23(32)27-28-13-16(11-22(28)31)24(33)37-14-21(30)26-19-12-18(36-4)9-10-20(19)29(34)35/h5-10,12,16H,11,13-14H2,1-4H3,(H,26,30)(H,27,32)/t16-/m0/s1. The van der Waals surface area contributed by atoms with Crippen molar-refractivity contribution >= 4 is 35.1 Å². The van der Waals surface area contributed by atoms with Crippen LogP contribution in [0.1, 0.15) is 43.1 Å². The van der Waals surface area contributed by atoms with Crippen LogP contribution in [0.5, 0.6) is 5.75 Å². The first-order valence-electron chi connectivity index (χ1n) is 11.4. The van der Waals surface area contributed by atoms with Gasteiger partial charge in [-0.1, -0.05) is 32.9 Å². The predicted molar refractivity (Wildman–Crippen MR) is 132 cm³/mol. The number of nitro groups is 1. The minimum Gasteiger partial charge on any atom is -0.497 e. The van der Waals surface area contributed by atoms with E-state index in [9.17, 15) is 29.3 Å². The minimum atomic E-state index is -0.893. The molecule has 12 heteroatoms. The lowest BCUT2D eigenvalue weighted by Gasteiger charge is -2.20. The second-order valence-corrected chi connectivity index (χ2v) is 9.47. The molecule has 0 unspecified atom stereocenters. The molecule has 2 aromatic carbocycles. The van der Waals surface area contributed by atoms with Crippen molar-refractivity contribution in [1.29, 1.82) is 0 Å². The van der Waals surface area contributed by atoms with Crippen molar-refractivity contribution in [2.45, 2.75) is 32.6 Å². The van der Waals surface area contributed by atoms with E-state index in [-0.39, 0.29) is 35.5 Å². The molecule has 1 aliphatic rings. The summed E-state index contributed by atoms with van der Waals surface area (Å²) in [6.45, 7) is 5.32. The van der Waals surface area contributed by atoms with Gasteiger partial charge in [-0.15, -0.1) is 0 Å². The fourth-order valence-corrected chi connectivity index (χ4v) is 3.62. The summed E-state index contributed by atoms with van der Waals surface area (Å²) in [6, 6.07) is 10.8. The quantitative estimate of drug-likeness (QED) is 0.310. The largest absolute Gasteiger partial charge is 0.497 e. The van der Waals surface area contributed by atoms with E-state index < -0.39 is 41.1 Å². The molecule has 1 heterocycles. The summed E-state index contributed by atoms with van der Waals surface area (Å²) >= 11 is 0. The SMILES string of the molecule is COc1ccc([N+](=O)[O-])c(NC(=O)COC(=O)[C@H]2CC(=O)N(NC(=O)c3ccc(C(C)(C)C)cc3)C2)c1. The number of nitro benzene ring substituents is 1. The third-order valence-corrected chi connectivity index (χ3v) is 5.73. The van der Waals surface area contributed by atoms with Crippen molar-refractivity contribution in [1.82, 2.24) is 10.4 Å². The Morgan fingerprint density at radius 1 is 1.14 bits per heavy atom. The molecular weight excluding hydrogens is 484 g/mol. The number of carbonyl (C=O) groups is 4. The van der Waals surface area contributed by atoms with E-state index in [2.05, 4.69) is 31.5 Å². The highest BCUT2D eigenvalue weighted by Gasteiger charge is 2.37. The molecule has 0 aliphatic carbocycles. The summed E-state index contributed by atoms with van der Waals surface area (Å²) in [5.74, 6) is -3.20. The minimum absolute atomic E-state index is 0.0763. The average Bonchev–Trinajstić information content (AvgIpc) is 3.21. The molecular formula is C25H28N4O8. The first kappa shape index (κ1) is 27.1. The molecule has 196 valence electrons. The maximum atomic E-state index is 12.6. The van der Waals surface area contributed by atoms with E-state index in [1.807, 2.05) is 12.1 Å². The van der Waals surface area contributed by atoms with Gasteiger partial charge in [0.25, 0.3) is 17.5 Å². The molecule has 37 heavy (non-hydrogen) atoms. The maximum absolute atomic E-state index is 12.6. The number of methoxy groups -OCH3 is 1. The molecule has 0 saturated carbocycles. The van der Waals surface area contributed by atoms with Crippen LogP contribution < -0.4 is 15.5 Å². The Morgan fingerprint density at radius 2 is 1.81 bits per heavy atom. The number of amides is 3. The lowest BCUT2D eigenvalue weighted by atomic mass is 9.87. The summed E-state index contributed by atoms with van der Waals surface area (Å²) in [7, 11) is 1.37. The number of esters is 1. The van der Waals surface area contributed by atoms with Gasteiger partial charge in [0, 0.05) is 24.1 Å². The molecule has 0 bridgehead atoms. The number of ether oxygens (including phenoxy) is 2. The van der Waals surface area contributed by atoms with Crippen molar-refractivity contribution in [3.63, 3.8) is 0 Å². The van der Waals surface area contributed by atoms with Gasteiger partial charge in [0.05, 0.1) is 24.5 Å². The van der Waals surface area contributed by atoms with Crippen molar-refractivity contribution < 1.29 is 33.6 Å². The number of hydrogen-bond acceptors (Lipinski definition) is 8. The van der Waals surface area contributed by atoms with Gasteiger partial charge in [-0.2, -0.15) is 0 Å². The Bertz CT molecular complexity index is 1220. The Hall–Kier alpha value is -4.48. The van der Waals surface area contributed by atoms with Crippen LogP contribution in [0.25, 0.3) is 0 Å². The summed E-state index contributed by atoms with van der Waals surface area (Å²) < 4.78 is 10.0. The highest BCUT2D eigenvalue weighted by atomic mass is 16.6. The van der Waals surface area contributed by atoms with Gasteiger partial charge in [0.15, 0.2) is 6.61 Å². The number of hydrazine groups is 1. The lowest BCUT2D eigenvalue weighted by Crippen LogP contribution is -2.43. The fourth-order valence-electron chi connectivity index (χ4n) is 3.62. The van der Waals surface area contributed by atoms with Gasteiger partial charge >= 0.3 is 5.97 Å². The number of hydrogen-bond donors (Lipinski definition) is 2. The molecule has 0 aromatic heterocycles. The third kappa shape index (κ3) is 6.81. The normalized spacial score (nSPS) is 15.2. The van der Waals surface area contributed by atoms with E-state index in [0.717, 1.165) is 10.6 Å². The Balaban J connectivity index is 1.53. The molecule has 3 amide bonds. The van der Waals surface area contributed by atoms with Crippen LogP contribution in [0.2, 0.25) is 0 Å². The van der Waals surface area contributed by atoms with Gasteiger partial charge in [-0.3, -0.25) is 39.7 Å². The Morgan fingerprint density at radius 3 is 2.41 bits per heavy atom. The van der Waals surface area contributed by atoms with Gasteiger partial charge in [-0.25, -0.2) is 0 Å². The number of nitrogens with one attached hydrogen (secondary N) is 2. The van der Waals surface area contributed by atoms with Crippen molar-refractivity contribution in [3.05, 3.63) is 63.7 Å². The summed E-state index contributed by atoms with van der Waals surface area (Å²) in [4.78, 5) is 60.1. The summed E-state index contributed by atoms with van der Waals surface area (Å²) in [5.41, 5.74) is 3.35. The number of nitrogens with zero attached hydrogens (tertiary/aromatic N) is 2. The molecule has 1 aliphatic heterocycles. The zero-order valence-electron chi connectivity index (χ0n) is 20.9. The van der Waals surface area contributed by atoms with Crippen LogP contribution in [0.4, 0.5) is 11.4 Å². The van der Waals surface area contributed by atoms with Crippen molar-refractivity contribution in [2.75, 3.05) is 25.6 Å². The molecule has 0 spiro atoms. The summed E-state index contributed by atoms with van der Waals surface area (Å²) in [6.07, 6.45) is -0.203. The zero-order chi connectivity index (χ0) is 27.3. The van der Waals surface area contributed by atoms with Crippen LogP contribution in [0.3, 0.4) is 0 Å². The van der Waals surface area contributed by atoms with Gasteiger partial charge < -0.3 is 14.8 Å². The number of benzene rings is 2. The summed E-state index contributed by atoms with van der Waals surface area (Å²) in [5, 5.41) is 14.6. The van der Waals surface area contributed by atoms with Crippen molar-refractivity contribution in [2.24, 2.45) is 5.92 Å². The fraction of sp³-hybridized carbons (Fsp3) is 0.360. The topological polar surface area (TPSA) is 157 Å². The number of rotatable bonds is 8. The molecule has 2 N–H and O–H groups in total. The molecule has 3 rings (SSSR count). The monoisotopic (exact) mass is 512 g/mol. The second-order valence-electron chi connectivity index (χ2n) is 9.47. The van der Waals surface area contributed by atoms with Gasteiger partial charge in [-0.05, 0) is 29.2 Å². The average molecular weight is 513 g/mol. The van der Waals surface area contributed by atoms with Crippen molar-refractivity contribution in [3.8, 4) is 5.75 Å². The molecule has 0 radical (unpaired) electrons. The smallest absolute Gasteiger partial charge is 0.311 e. The highest BCUT2D eigenvalue weighted by molar-refractivity contribution is 5.97. The molecule has 1 atom stereocenters. The van der Waals surface area contributed by atoms with Crippen LogP contribution in [0, 0.1) is 16.0 Å². The molecule has 12 nitrogen and oxygen atoms in total. The second kappa shape index (κ2) is 11.1. The number of anilines is 1. The first-order chi connectivity index (χ1) is 17.4. The van der Waals surface area contributed by atoms with E-state index in [1.165, 1.54) is 25.3 Å². The van der Waals surface area contributed by atoms with Crippen LogP contribution in [-0.2, 0) is 24.5 Å². The molecule has 1 saturated heterocycles. The highest BCUT2D eigenvalue weighted by Crippen LogP contribution is 2.29. The molecule has 1 fully saturated rings. The van der Waals surface area contributed by atoms with Crippen LogP contribution >= 0.6 is 0 Å². The third-order valence-electron chi connectivity index (χ3n) is 5.73. The van der Waals surface area contributed by atoms with Crippen LogP contribution in [0.15, 0.2) is 42.5 Å². The van der Waals surface area contributed by atoms with Gasteiger partial charge in [0.1, 0.15) is 11.4 Å². The van der Waals surface area contributed by atoms with E-state index in [4.69, 9.17) is 9.47 Å². The Labute approximate surface area is 213 Å². The Kier molecular flexibility index (Phi) is 8.11. The zero-order valence-corrected chi connectivity index (χ0v) is 20.9. The van der Waals surface area contributed by atoms with E-state index >= 15 is 0 Å². The lowest BCUT2D eigenvalue weighted by molar-refractivity contribution is -0.383.